The summed E-state index contributed by atoms with van der Waals surface area (Å²) in [6.45, 7) is -0.497. The summed E-state index contributed by atoms with van der Waals surface area (Å²) in [5, 5.41) is 7.01. The number of nitrogens with zero attached hydrogens (tertiary/aromatic N) is 6. The predicted octanol–water partition coefficient (Wildman–Crippen LogP) is 3.57. The van der Waals surface area contributed by atoms with Gasteiger partial charge in [-0.2, -0.15) is 28.1 Å². The number of hydrogen-bond donors (Lipinski definition) is 1. The van der Waals surface area contributed by atoms with Gasteiger partial charge in [-0.1, -0.05) is 35.5 Å². The molecule has 0 aliphatic rings. The van der Waals surface area contributed by atoms with Gasteiger partial charge in [0.1, 0.15) is 5.82 Å². The van der Waals surface area contributed by atoms with Crippen LogP contribution in [0.2, 0.25) is 0 Å². The Hall–Kier alpha value is -4.13. The number of halogens is 3. The molecule has 4 aromatic rings. The average Bonchev–Trinajstić information content (AvgIpc) is 3.34. The van der Waals surface area contributed by atoms with Crippen molar-refractivity contribution in [3.63, 3.8) is 0 Å². The zero-order chi connectivity index (χ0) is 24.7. The predicted molar refractivity (Wildman–Crippen MR) is 118 cm³/mol. The molecule has 10 nitrogen and oxygen atoms in total. The Bertz CT molecular complexity index is 1240. The van der Waals surface area contributed by atoms with Crippen molar-refractivity contribution in [3.05, 3.63) is 60.0 Å². The summed E-state index contributed by atoms with van der Waals surface area (Å²) in [5.41, 5.74) is 1.40. The van der Waals surface area contributed by atoms with E-state index in [1.807, 2.05) is 30.3 Å². The van der Waals surface area contributed by atoms with Crippen molar-refractivity contribution < 1.29 is 27.2 Å². The van der Waals surface area contributed by atoms with Crippen molar-refractivity contribution in [1.82, 2.24) is 30.1 Å². The monoisotopic (exact) mass is 487 g/mol. The lowest BCUT2D eigenvalue weighted by molar-refractivity contribution is -0.154. The van der Waals surface area contributed by atoms with E-state index in [9.17, 15) is 13.2 Å². The van der Waals surface area contributed by atoms with Gasteiger partial charge < -0.3 is 19.3 Å². The van der Waals surface area contributed by atoms with Crippen LogP contribution in [0.5, 0.6) is 5.88 Å². The second-order valence-electron chi connectivity index (χ2n) is 7.19. The topological polar surface area (TPSA) is 121 Å². The zero-order valence-electron chi connectivity index (χ0n) is 18.5. The van der Waals surface area contributed by atoms with E-state index < -0.39 is 12.8 Å². The fourth-order valence-corrected chi connectivity index (χ4v) is 2.90. The number of methoxy groups -OCH3 is 1. The molecule has 0 saturated carbocycles. The van der Waals surface area contributed by atoms with Gasteiger partial charge in [-0.05, 0) is 11.6 Å². The van der Waals surface area contributed by atoms with Gasteiger partial charge in [0.2, 0.25) is 23.5 Å². The van der Waals surface area contributed by atoms with E-state index >= 15 is 0 Å². The number of hydrogen-bond acceptors (Lipinski definition) is 10. The first-order chi connectivity index (χ1) is 16.9. The number of benzene rings is 1. The van der Waals surface area contributed by atoms with E-state index in [2.05, 4.69) is 40.1 Å². The quantitative estimate of drug-likeness (QED) is 0.332. The lowest BCUT2D eigenvalue weighted by atomic mass is 10.1. The van der Waals surface area contributed by atoms with Crippen LogP contribution in [0.25, 0.3) is 23.1 Å². The summed E-state index contributed by atoms with van der Waals surface area (Å²) in [4.78, 5) is 21.5. The van der Waals surface area contributed by atoms with Crippen LogP contribution in [0.1, 0.15) is 11.4 Å². The molecule has 1 aromatic carbocycles. The third-order valence-electron chi connectivity index (χ3n) is 4.47. The molecule has 0 spiro atoms. The first-order valence-corrected chi connectivity index (χ1v) is 10.4. The Balaban J connectivity index is 1.55. The first-order valence-electron chi connectivity index (χ1n) is 10.4. The molecule has 0 aliphatic carbocycles. The Morgan fingerprint density at radius 2 is 1.80 bits per heavy atom. The van der Waals surface area contributed by atoms with Crippen LogP contribution in [0.15, 0.2) is 53.2 Å². The summed E-state index contributed by atoms with van der Waals surface area (Å²) >= 11 is 0. The fraction of sp³-hybridized carbons (Fsp3) is 0.273. The zero-order valence-corrected chi connectivity index (χ0v) is 18.5. The average molecular weight is 487 g/mol. The molecular formula is C22H20F3N7O3. The van der Waals surface area contributed by atoms with Gasteiger partial charge in [-0.25, -0.2) is 9.97 Å². The van der Waals surface area contributed by atoms with Gasteiger partial charge in [-0.15, -0.1) is 0 Å². The van der Waals surface area contributed by atoms with E-state index in [-0.39, 0.29) is 23.4 Å². The fourth-order valence-electron chi connectivity index (χ4n) is 2.90. The molecule has 0 atom stereocenters. The molecule has 0 fully saturated rings. The van der Waals surface area contributed by atoms with Crippen LogP contribution in [0.4, 0.5) is 19.1 Å². The maximum atomic E-state index is 12.3. The number of ether oxygens (including phenoxy) is 2. The van der Waals surface area contributed by atoms with Crippen LogP contribution in [0.3, 0.4) is 0 Å². The molecule has 0 bridgehead atoms. The maximum Gasteiger partial charge on any atom is 0.422 e. The smallest absolute Gasteiger partial charge is 0.422 e. The third kappa shape index (κ3) is 6.93. The van der Waals surface area contributed by atoms with Crippen LogP contribution in [-0.2, 0) is 11.2 Å². The van der Waals surface area contributed by atoms with Crippen LogP contribution in [0, 0.1) is 0 Å². The number of alkyl halides is 3. The van der Waals surface area contributed by atoms with E-state index in [0.717, 1.165) is 5.56 Å². The maximum absolute atomic E-state index is 12.3. The summed E-state index contributed by atoms with van der Waals surface area (Å²) in [5.74, 6) is 1.05. The standard InChI is InChI=1S/C22H20F3N7O3/c1-33-10-9-26-21-29-16(11-14-5-3-2-4-6-14)28-18(31-21)19-30-20(35-32-19)15-7-8-17(27-12-15)34-13-22(23,24)25/h2-8,12H,9-11,13H2,1H3,(H,26,28,29,31). The molecule has 0 saturated heterocycles. The van der Waals surface area contributed by atoms with Gasteiger partial charge in [0.05, 0.1) is 12.2 Å². The number of nitrogens with one attached hydrogen (secondary N) is 1. The second-order valence-corrected chi connectivity index (χ2v) is 7.19. The van der Waals surface area contributed by atoms with Crippen LogP contribution >= 0.6 is 0 Å². The Morgan fingerprint density at radius 1 is 0.971 bits per heavy atom. The highest BCUT2D eigenvalue weighted by molar-refractivity contribution is 5.55. The lowest BCUT2D eigenvalue weighted by Gasteiger charge is -2.08. The van der Waals surface area contributed by atoms with E-state index in [1.165, 1.54) is 18.3 Å². The van der Waals surface area contributed by atoms with Crippen molar-refractivity contribution in [2.45, 2.75) is 12.6 Å². The second kappa shape index (κ2) is 10.9. The molecule has 0 radical (unpaired) electrons. The molecular weight excluding hydrogens is 467 g/mol. The number of pyridine rings is 1. The summed E-state index contributed by atoms with van der Waals surface area (Å²) in [6.07, 6.45) is -2.72. The highest BCUT2D eigenvalue weighted by Crippen LogP contribution is 2.23. The first kappa shape index (κ1) is 24.0. The summed E-state index contributed by atoms with van der Waals surface area (Å²) in [6, 6.07) is 12.4. The number of anilines is 1. The number of aromatic nitrogens is 6. The minimum atomic E-state index is -4.46. The molecule has 0 unspecified atom stereocenters. The minimum Gasteiger partial charge on any atom is -0.468 e. The molecule has 35 heavy (non-hydrogen) atoms. The van der Waals surface area contributed by atoms with Gasteiger partial charge in [0.25, 0.3) is 5.89 Å². The molecule has 3 heterocycles. The largest absolute Gasteiger partial charge is 0.468 e. The molecule has 182 valence electrons. The van der Waals surface area contributed by atoms with Crippen molar-refractivity contribution in [3.8, 4) is 29.0 Å². The summed E-state index contributed by atoms with van der Waals surface area (Å²) in [7, 11) is 1.59. The van der Waals surface area contributed by atoms with Crippen LogP contribution in [-0.4, -0.2) is 63.1 Å². The summed E-state index contributed by atoms with van der Waals surface area (Å²) < 4.78 is 51.9. The third-order valence-corrected chi connectivity index (χ3v) is 4.47. The molecule has 13 heteroatoms. The molecule has 0 aliphatic heterocycles. The van der Waals surface area contributed by atoms with Crippen molar-refractivity contribution in [2.75, 3.05) is 32.2 Å². The van der Waals surface area contributed by atoms with Gasteiger partial charge >= 0.3 is 6.18 Å². The molecule has 1 N–H and O–H groups in total. The highest BCUT2D eigenvalue weighted by Gasteiger charge is 2.28. The van der Waals surface area contributed by atoms with E-state index in [4.69, 9.17) is 9.26 Å². The van der Waals surface area contributed by atoms with Gasteiger partial charge in [0, 0.05) is 32.3 Å². The van der Waals surface area contributed by atoms with Crippen molar-refractivity contribution in [1.29, 1.82) is 0 Å². The van der Waals surface area contributed by atoms with Crippen molar-refractivity contribution >= 4 is 5.95 Å². The normalized spacial score (nSPS) is 11.4. The molecule has 4 rings (SSSR count). The van der Waals surface area contributed by atoms with Gasteiger partial charge in [0.15, 0.2) is 6.61 Å². The lowest BCUT2D eigenvalue weighted by Crippen LogP contribution is -2.19. The molecule has 3 aromatic heterocycles. The number of rotatable bonds is 10. The van der Waals surface area contributed by atoms with E-state index in [0.29, 0.717) is 36.9 Å². The molecule has 0 amide bonds. The van der Waals surface area contributed by atoms with E-state index in [1.54, 1.807) is 7.11 Å². The highest BCUT2D eigenvalue weighted by atomic mass is 19.4. The SMILES string of the molecule is COCCNc1nc(Cc2ccccc2)nc(-c2noc(-c3ccc(OCC(F)(F)F)nc3)n2)n1. The van der Waals surface area contributed by atoms with Crippen molar-refractivity contribution in [2.24, 2.45) is 0 Å². The Kier molecular flexibility index (Phi) is 7.45. The minimum absolute atomic E-state index is 0.0915. The van der Waals surface area contributed by atoms with Crippen LogP contribution < -0.4 is 10.1 Å². The Labute approximate surface area is 197 Å². The Morgan fingerprint density at radius 3 is 2.51 bits per heavy atom. The van der Waals surface area contributed by atoms with Gasteiger partial charge in [-0.3, -0.25) is 0 Å².